The van der Waals surface area contributed by atoms with Gasteiger partial charge in [-0.05, 0) is 54.4 Å². The molecule has 0 radical (unpaired) electrons. The molecule has 1 N–H and O–H groups in total. The lowest BCUT2D eigenvalue weighted by molar-refractivity contribution is -0.144. The normalized spacial score (nSPS) is 13.9. The first kappa shape index (κ1) is 23.3. The molecule has 0 amide bonds. The summed E-state index contributed by atoms with van der Waals surface area (Å²) >= 11 is 0. The number of nitrogens with one attached hydrogen (secondary N) is 1. The number of halogens is 1. The van der Waals surface area contributed by atoms with E-state index in [1.54, 1.807) is 0 Å². The maximum absolute atomic E-state index is 13.2. The Morgan fingerprint density at radius 2 is 1.62 bits per heavy atom. The van der Waals surface area contributed by atoms with Gasteiger partial charge in [-0.25, -0.2) is 14.0 Å². The molecule has 0 unspecified atom stereocenters. The Morgan fingerprint density at radius 3 is 2.22 bits per heavy atom. The van der Waals surface area contributed by atoms with Crippen LogP contribution in [0.1, 0.15) is 11.1 Å². The molecule has 8 heteroatoms. The Bertz CT molecular complexity index is 965. The Hall–Kier alpha value is -3.39. The predicted molar refractivity (Wildman–Crippen MR) is 121 cm³/mol. The smallest absolute Gasteiger partial charge is 0.346 e. The average molecular weight is 442 g/mol. The molecule has 1 aliphatic rings. The summed E-state index contributed by atoms with van der Waals surface area (Å²) in [6, 6.07) is 12.5. The van der Waals surface area contributed by atoms with Gasteiger partial charge in [0, 0.05) is 50.3 Å². The van der Waals surface area contributed by atoms with Gasteiger partial charge in [0.15, 0.2) is 5.57 Å². The molecule has 0 spiro atoms. The fraction of sp³-hybridized carbons (Fsp3) is 0.333. The fourth-order valence-corrected chi connectivity index (χ4v) is 3.57. The number of anilines is 2. The van der Waals surface area contributed by atoms with Gasteiger partial charge in [0.1, 0.15) is 5.82 Å². The summed E-state index contributed by atoms with van der Waals surface area (Å²) in [7, 11) is 2.41. The van der Waals surface area contributed by atoms with Crippen molar-refractivity contribution in [3.05, 3.63) is 71.2 Å². The van der Waals surface area contributed by atoms with Crippen LogP contribution in [0, 0.1) is 12.7 Å². The average Bonchev–Trinajstić information content (AvgIpc) is 2.81. The highest BCUT2D eigenvalue weighted by Crippen LogP contribution is 2.21. The number of nitrogens with zero attached hydrogens (tertiary/aromatic N) is 2. The molecule has 0 saturated carbocycles. The summed E-state index contributed by atoms with van der Waals surface area (Å²) in [6.45, 7) is 6.35. The third-order valence-electron chi connectivity index (χ3n) is 5.50. The van der Waals surface area contributed by atoms with Crippen LogP contribution in [0.5, 0.6) is 0 Å². The SMILES string of the molecule is COC(=O)C(=CNc1ccc(C)c(CN2CCN(c3ccc(F)cc3)CC2)c1)C(=O)OC. The summed E-state index contributed by atoms with van der Waals surface area (Å²) < 4.78 is 22.4. The molecular formula is C24H28FN3O4. The highest BCUT2D eigenvalue weighted by Gasteiger charge is 2.20. The van der Waals surface area contributed by atoms with Crippen LogP contribution in [0.3, 0.4) is 0 Å². The second-order valence-corrected chi connectivity index (χ2v) is 7.57. The van der Waals surface area contributed by atoms with E-state index >= 15 is 0 Å². The van der Waals surface area contributed by atoms with E-state index in [9.17, 15) is 14.0 Å². The number of methoxy groups -OCH3 is 2. The lowest BCUT2D eigenvalue weighted by Crippen LogP contribution is -2.46. The van der Waals surface area contributed by atoms with Crippen molar-refractivity contribution in [1.82, 2.24) is 4.90 Å². The highest BCUT2D eigenvalue weighted by molar-refractivity contribution is 6.14. The van der Waals surface area contributed by atoms with Crippen LogP contribution in [0.15, 0.2) is 54.2 Å². The number of benzene rings is 2. The van der Waals surface area contributed by atoms with Crippen LogP contribution >= 0.6 is 0 Å². The van der Waals surface area contributed by atoms with Gasteiger partial charge in [0.2, 0.25) is 0 Å². The summed E-state index contributed by atoms with van der Waals surface area (Å²) in [5.41, 5.74) is 3.88. The van der Waals surface area contributed by atoms with Crippen molar-refractivity contribution >= 4 is 23.3 Å². The molecule has 1 heterocycles. The van der Waals surface area contributed by atoms with E-state index in [0.29, 0.717) is 0 Å². The zero-order valence-corrected chi connectivity index (χ0v) is 18.6. The molecule has 0 bridgehead atoms. The Kier molecular flexibility index (Phi) is 7.83. The summed E-state index contributed by atoms with van der Waals surface area (Å²) in [6.07, 6.45) is 1.30. The maximum atomic E-state index is 13.2. The molecular weight excluding hydrogens is 413 g/mol. The van der Waals surface area contributed by atoms with Crippen LogP contribution in [0.25, 0.3) is 0 Å². The molecule has 1 aliphatic heterocycles. The Labute approximate surface area is 187 Å². The minimum atomic E-state index is -0.768. The second kappa shape index (κ2) is 10.8. The van der Waals surface area contributed by atoms with Gasteiger partial charge in [-0.2, -0.15) is 0 Å². The summed E-state index contributed by atoms with van der Waals surface area (Å²) in [4.78, 5) is 28.2. The van der Waals surface area contributed by atoms with Gasteiger partial charge in [0.25, 0.3) is 0 Å². The first-order valence-electron chi connectivity index (χ1n) is 10.4. The molecule has 3 rings (SSSR count). The quantitative estimate of drug-likeness (QED) is 0.306. The number of hydrogen-bond donors (Lipinski definition) is 1. The zero-order chi connectivity index (χ0) is 23.1. The van der Waals surface area contributed by atoms with Crippen molar-refractivity contribution in [3.8, 4) is 0 Å². The van der Waals surface area contributed by atoms with Gasteiger partial charge < -0.3 is 19.7 Å². The van der Waals surface area contributed by atoms with Crippen LogP contribution in [-0.2, 0) is 25.6 Å². The predicted octanol–water partition coefficient (Wildman–Crippen LogP) is 3.10. The van der Waals surface area contributed by atoms with Crippen molar-refractivity contribution in [1.29, 1.82) is 0 Å². The van der Waals surface area contributed by atoms with Gasteiger partial charge in [-0.3, -0.25) is 4.90 Å². The van der Waals surface area contributed by atoms with E-state index in [1.165, 1.54) is 32.6 Å². The number of rotatable bonds is 7. The third kappa shape index (κ3) is 5.85. The third-order valence-corrected chi connectivity index (χ3v) is 5.50. The number of ether oxygens (including phenoxy) is 2. The fourth-order valence-electron chi connectivity index (χ4n) is 3.57. The summed E-state index contributed by atoms with van der Waals surface area (Å²) in [5, 5.41) is 2.99. The highest BCUT2D eigenvalue weighted by atomic mass is 19.1. The molecule has 1 saturated heterocycles. The van der Waals surface area contributed by atoms with Crippen molar-refractivity contribution < 1.29 is 23.5 Å². The van der Waals surface area contributed by atoms with Crippen molar-refractivity contribution in [2.24, 2.45) is 0 Å². The molecule has 0 aromatic heterocycles. The number of esters is 2. The van der Waals surface area contributed by atoms with Gasteiger partial charge in [-0.1, -0.05) is 6.07 Å². The monoisotopic (exact) mass is 441 g/mol. The molecule has 1 fully saturated rings. The Morgan fingerprint density at radius 1 is 1.00 bits per heavy atom. The van der Waals surface area contributed by atoms with Crippen LogP contribution < -0.4 is 10.2 Å². The molecule has 7 nitrogen and oxygen atoms in total. The Balaban J connectivity index is 1.63. The first-order valence-corrected chi connectivity index (χ1v) is 10.4. The molecule has 32 heavy (non-hydrogen) atoms. The number of carbonyl (C=O) groups excluding carboxylic acids is 2. The second-order valence-electron chi connectivity index (χ2n) is 7.57. The van der Waals surface area contributed by atoms with E-state index in [-0.39, 0.29) is 11.4 Å². The number of aryl methyl sites for hydroxylation is 1. The van der Waals surface area contributed by atoms with E-state index in [2.05, 4.69) is 31.5 Å². The lowest BCUT2D eigenvalue weighted by atomic mass is 10.1. The van der Waals surface area contributed by atoms with E-state index in [0.717, 1.165) is 55.2 Å². The van der Waals surface area contributed by atoms with Gasteiger partial charge in [-0.15, -0.1) is 0 Å². The topological polar surface area (TPSA) is 71.1 Å². The first-order chi connectivity index (χ1) is 15.4. The zero-order valence-electron chi connectivity index (χ0n) is 18.6. The van der Waals surface area contributed by atoms with Gasteiger partial charge in [0.05, 0.1) is 14.2 Å². The number of carbonyl (C=O) groups is 2. The van der Waals surface area contributed by atoms with Crippen molar-refractivity contribution in [2.75, 3.05) is 50.6 Å². The molecule has 0 atom stereocenters. The van der Waals surface area contributed by atoms with E-state index < -0.39 is 11.9 Å². The van der Waals surface area contributed by atoms with E-state index in [1.807, 2.05) is 30.3 Å². The van der Waals surface area contributed by atoms with Crippen molar-refractivity contribution in [2.45, 2.75) is 13.5 Å². The lowest BCUT2D eigenvalue weighted by Gasteiger charge is -2.36. The molecule has 0 aliphatic carbocycles. The minimum Gasteiger partial charge on any atom is -0.465 e. The minimum absolute atomic E-state index is 0.214. The van der Waals surface area contributed by atoms with Crippen LogP contribution in [0.2, 0.25) is 0 Å². The number of piperazine rings is 1. The standard InChI is InChI=1S/C24H28FN3O4/c1-17-4-7-20(26-15-22(23(29)31-2)24(30)32-3)14-18(17)16-27-10-12-28(13-11-27)21-8-5-19(25)6-9-21/h4-9,14-15,26H,10-13,16H2,1-3H3. The maximum Gasteiger partial charge on any atom is 0.346 e. The number of hydrogen-bond acceptors (Lipinski definition) is 7. The van der Waals surface area contributed by atoms with Crippen LogP contribution in [-0.4, -0.2) is 57.2 Å². The van der Waals surface area contributed by atoms with Gasteiger partial charge >= 0.3 is 11.9 Å². The largest absolute Gasteiger partial charge is 0.465 e. The molecule has 2 aromatic rings. The molecule has 170 valence electrons. The van der Waals surface area contributed by atoms with Crippen molar-refractivity contribution in [3.63, 3.8) is 0 Å². The molecule has 2 aromatic carbocycles. The summed E-state index contributed by atoms with van der Waals surface area (Å²) in [5.74, 6) is -1.76. The van der Waals surface area contributed by atoms with Crippen LogP contribution in [0.4, 0.5) is 15.8 Å². The van der Waals surface area contributed by atoms with E-state index in [4.69, 9.17) is 0 Å².